The standard InChI is InChI=1S/C10H16N4O/c1-8-9(12-7-11-8)10(15)13-14-5-3-2-4-6-14/h7H,2-6H2,1H3,(H,11,12)(H,13,15). The molecular formula is C10H16N4O. The molecule has 0 unspecified atom stereocenters. The number of aryl methyl sites for hydroxylation is 1. The van der Waals surface area contributed by atoms with Crippen molar-refractivity contribution in [2.75, 3.05) is 13.1 Å². The molecule has 1 aromatic rings. The number of hydrogen-bond acceptors (Lipinski definition) is 3. The molecule has 0 radical (unpaired) electrons. The van der Waals surface area contributed by atoms with Gasteiger partial charge in [0.2, 0.25) is 0 Å². The Morgan fingerprint density at radius 1 is 1.47 bits per heavy atom. The van der Waals surface area contributed by atoms with Crippen molar-refractivity contribution in [2.24, 2.45) is 0 Å². The molecule has 82 valence electrons. The summed E-state index contributed by atoms with van der Waals surface area (Å²) in [4.78, 5) is 18.6. The van der Waals surface area contributed by atoms with Crippen LogP contribution in [-0.2, 0) is 0 Å². The average molecular weight is 208 g/mol. The van der Waals surface area contributed by atoms with Crippen LogP contribution in [0.1, 0.15) is 35.4 Å². The van der Waals surface area contributed by atoms with E-state index < -0.39 is 0 Å². The van der Waals surface area contributed by atoms with Crippen molar-refractivity contribution in [1.29, 1.82) is 0 Å². The molecular weight excluding hydrogens is 192 g/mol. The second kappa shape index (κ2) is 4.44. The van der Waals surface area contributed by atoms with Crippen molar-refractivity contribution in [2.45, 2.75) is 26.2 Å². The van der Waals surface area contributed by atoms with E-state index in [1.165, 1.54) is 6.42 Å². The van der Waals surface area contributed by atoms with Gasteiger partial charge in [0, 0.05) is 18.8 Å². The number of carbonyl (C=O) groups is 1. The van der Waals surface area contributed by atoms with Gasteiger partial charge in [0.05, 0.1) is 6.33 Å². The Hall–Kier alpha value is -1.36. The van der Waals surface area contributed by atoms with Gasteiger partial charge in [0.1, 0.15) is 5.69 Å². The summed E-state index contributed by atoms with van der Waals surface area (Å²) in [5.74, 6) is -0.115. The van der Waals surface area contributed by atoms with Gasteiger partial charge in [-0.05, 0) is 19.8 Å². The van der Waals surface area contributed by atoms with Crippen LogP contribution >= 0.6 is 0 Å². The van der Waals surface area contributed by atoms with Crippen LogP contribution in [-0.4, -0.2) is 34.0 Å². The minimum Gasteiger partial charge on any atom is -0.348 e. The van der Waals surface area contributed by atoms with Gasteiger partial charge in [0.15, 0.2) is 0 Å². The molecule has 5 heteroatoms. The highest BCUT2D eigenvalue weighted by Gasteiger charge is 2.16. The predicted octanol–water partition coefficient (Wildman–Crippen LogP) is 0.849. The highest BCUT2D eigenvalue weighted by Crippen LogP contribution is 2.07. The molecule has 0 saturated carbocycles. The minimum atomic E-state index is -0.115. The number of piperidine rings is 1. The fraction of sp³-hybridized carbons (Fsp3) is 0.600. The third-order valence-electron chi connectivity index (χ3n) is 2.66. The summed E-state index contributed by atoms with van der Waals surface area (Å²) in [6, 6.07) is 0. The molecule has 5 nitrogen and oxygen atoms in total. The SMILES string of the molecule is Cc1[nH]cnc1C(=O)NN1CCCCC1. The monoisotopic (exact) mass is 208 g/mol. The lowest BCUT2D eigenvalue weighted by atomic mass is 10.2. The Morgan fingerprint density at radius 2 is 2.20 bits per heavy atom. The Morgan fingerprint density at radius 3 is 2.80 bits per heavy atom. The number of nitrogens with zero attached hydrogens (tertiary/aromatic N) is 2. The second-order valence-corrected chi connectivity index (χ2v) is 3.86. The van der Waals surface area contributed by atoms with Gasteiger partial charge in [-0.25, -0.2) is 9.99 Å². The van der Waals surface area contributed by atoms with E-state index in [1.807, 2.05) is 11.9 Å². The van der Waals surface area contributed by atoms with E-state index in [2.05, 4.69) is 15.4 Å². The molecule has 0 atom stereocenters. The summed E-state index contributed by atoms with van der Waals surface area (Å²) in [5, 5.41) is 1.97. The molecule has 0 aromatic carbocycles. The Kier molecular flexibility index (Phi) is 3.01. The van der Waals surface area contributed by atoms with Crippen molar-refractivity contribution < 1.29 is 4.79 Å². The number of H-pyrrole nitrogens is 1. The molecule has 0 bridgehead atoms. The van der Waals surface area contributed by atoms with E-state index in [0.717, 1.165) is 31.6 Å². The van der Waals surface area contributed by atoms with E-state index in [1.54, 1.807) is 6.33 Å². The van der Waals surface area contributed by atoms with Crippen molar-refractivity contribution in [3.05, 3.63) is 17.7 Å². The molecule has 1 aliphatic rings. The van der Waals surface area contributed by atoms with Crippen molar-refractivity contribution >= 4 is 5.91 Å². The summed E-state index contributed by atoms with van der Waals surface area (Å²) in [6.45, 7) is 3.72. The number of amides is 1. The first-order valence-electron chi connectivity index (χ1n) is 5.33. The number of aromatic nitrogens is 2. The summed E-state index contributed by atoms with van der Waals surface area (Å²) in [6.07, 6.45) is 5.11. The summed E-state index contributed by atoms with van der Waals surface area (Å²) in [5.41, 5.74) is 4.17. The molecule has 2 N–H and O–H groups in total. The van der Waals surface area contributed by atoms with E-state index >= 15 is 0 Å². The maximum atomic E-state index is 11.8. The first-order valence-corrected chi connectivity index (χ1v) is 5.33. The Bertz CT molecular complexity index is 341. The molecule has 1 saturated heterocycles. The molecule has 15 heavy (non-hydrogen) atoms. The van der Waals surface area contributed by atoms with Crippen LogP contribution in [0.4, 0.5) is 0 Å². The van der Waals surface area contributed by atoms with Crippen LogP contribution in [0.3, 0.4) is 0 Å². The predicted molar refractivity (Wildman–Crippen MR) is 56.2 cm³/mol. The molecule has 2 heterocycles. The number of imidazole rings is 1. The van der Waals surface area contributed by atoms with Crippen LogP contribution in [0, 0.1) is 6.92 Å². The summed E-state index contributed by atoms with van der Waals surface area (Å²) in [7, 11) is 0. The molecule has 0 aliphatic carbocycles. The molecule has 1 aromatic heterocycles. The zero-order valence-electron chi connectivity index (χ0n) is 8.92. The fourth-order valence-electron chi connectivity index (χ4n) is 1.79. The van der Waals surface area contributed by atoms with Crippen molar-refractivity contribution in [3.8, 4) is 0 Å². The van der Waals surface area contributed by atoms with E-state index in [9.17, 15) is 4.79 Å². The van der Waals surface area contributed by atoms with E-state index in [0.29, 0.717) is 5.69 Å². The number of carbonyl (C=O) groups excluding carboxylic acids is 1. The van der Waals surface area contributed by atoms with Crippen LogP contribution in [0.15, 0.2) is 6.33 Å². The summed E-state index contributed by atoms with van der Waals surface area (Å²) >= 11 is 0. The third kappa shape index (κ3) is 2.36. The Balaban J connectivity index is 1.94. The lowest BCUT2D eigenvalue weighted by Gasteiger charge is -2.26. The minimum absolute atomic E-state index is 0.115. The third-order valence-corrected chi connectivity index (χ3v) is 2.66. The quantitative estimate of drug-likeness (QED) is 0.757. The van der Waals surface area contributed by atoms with Crippen LogP contribution in [0.2, 0.25) is 0 Å². The van der Waals surface area contributed by atoms with Gasteiger partial charge < -0.3 is 4.98 Å². The van der Waals surface area contributed by atoms with Crippen LogP contribution in [0.25, 0.3) is 0 Å². The molecule has 1 fully saturated rings. The van der Waals surface area contributed by atoms with Gasteiger partial charge in [-0.2, -0.15) is 0 Å². The maximum Gasteiger partial charge on any atom is 0.286 e. The lowest BCUT2D eigenvalue weighted by molar-refractivity contribution is 0.0744. The van der Waals surface area contributed by atoms with Crippen molar-refractivity contribution in [1.82, 2.24) is 20.4 Å². The first kappa shape index (κ1) is 10.2. The smallest absolute Gasteiger partial charge is 0.286 e. The first-order chi connectivity index (χ1) is 7.27. The fourth-order valence-corrected chi connectivity index (χ4v) is 1.79. The molecule has 1 aliphatic heterocycles. The van der Waals surface area contributed by atoms with Gasteiger partial charge in [-0.1, -0.05) is 6.42 Å². The zero-order valence-corrected chi connectivity index (χ0v) is 8.92. The molecule has 2 rings (SSSR count). The second-order valence-electron chi connectivity index (χ2n) is 3.86. The maximum absolute atomic E-state index is 11.8. The number of nitrogens with one attached hydrogen (secondary N) is 2. The number of rotatable bonds is 2. The molecule has 0 spiro atoms. The van der Waals surface area contributed by atoms with Crippen LogP contribution in [0.5, 0.6) is 0 Å². The van der Waals surface area contributed by atoms with Gasteiger partial charge in [-0.15, -0.1) is 0 Å². The van der Waals surface area contributed by atoms with Gasteiger partial charge in [-0.3, -0.25) is 10.2 Å². The van der Waals surface area contributed by atoms with Gasteiger partial charge in [0.25, 0.3) is 5.91 Å². The van der Waals surface area contributed by atoms with Gasteiger partial charge >= 0.3 is 0 Å². The van der Waals surface area contributed by atoms with E-state index in [4.69, 9.17) is 0 Å². The lowest BCUT2D eigenvalue weighted by Crippen LogP contribution is -2.45. The highest BCUT2D eigenvalue weighted by molar-refractivity contribution is 5.92. The zero-order chi connectivity index (χ0) is 10.7. The summed E-state index contributed by atoms with van der Waals surface area (Å²) < 4.78 is 0. The number of hydrazine groups is 1. The van der Waals surface area contributed by atoms with E-state index in [-0.39, 0.29) is 5.91 Å². The normalized spacial score (nSPS) is 17.7. The number of hydrogen-bond donors (Lipinski definition) is 2. The number of aromatic amines is 1. The van der Waals surface area contributed by atoms with Crippen molar-refractivity contribution in [3.63, 3.8) is 0 Å². The average Bonchev–Trinajstić information content (AvgIpc) is 2.66. The molecule has 1 amide bonds. The largest absolute Gasteiger partial charge is 0.348 e. The Labute approximate surface area is 88.9 Å². The topological polar surface area (TPSA) is 61.0 Å². The highest BCUT2D eigenvalue weighted by atomic mass is 16.2. The van der Waals surface area contributed by atoms with Crippen LogP contribution < -0.4 is 5.43 Å².